The van der Waals surface area contributed by atoms with E-state index in [-0.39, 0.29) is 17.7 Å². The van der Waals surface area contributed by atoms with Crippen LogP contribution >= 0.6 is 11.3 Å². The van der Waals surface area contributed by atoms with Gasteiger partial charge in [0, 0.05) is 23.5 Å². The summed E-state index contributed by atoms with van der Waals surface area (Å²) in [5.74, 6) is 0.00710. The van der Waals surface area contributed by atoms with Gasteiger partial charge in [0.2, 0.25) is 5.88 Å². The van der Waals surface area contributed by atoms with Crippen LogP contribution in [0.5, 0.6) is 5.88 Å². The van der Waals surface area contributed by atoms with Gasteiger partial charge in [-0.3, -0.25) is 14.9 Å². The van der Waals surface area contributed by atoms with Crippen molar-refractivity contribution in [1.82, 2.24) is 15.0 Å². The lowest BCUT2D eigenvalue weighted by atomic mass is 10.1. The largest absolute Gasteiger partial charge is 0.480 e. The molecule has 0 aliphatic carbocycles. The van der Waals surface area contributed by atoms with Crippen molar-refractivity contribution in [3.05, 3.63) is 108 Å². The maximum Gasteiger partial charge on any atom is 0.262 e. The lowest BCUT2D eigenvalue weighted by Gasteiger charge is -2.07. The number of thiazole rings is 1. The van der Waals surface area contributed by atoms with E-state index in [0.717, 1.165) is 21.6 Å². The molecule has 188 valence electrons. The molecule has 0 aliphatic heterocycles. The Morgan fingerprint density at radius 1 is 0.816 bits per heavy atom. The van der Waals surface area contributed by atoms with Gasteiger partial charge in [-0.2, -0.15) is 0 Å². The second-order valence-electron chi connectivity index (χ2n) is 8.33. The van der Waals surface area contributed by atoms with E-state index in [1.165, 1.54) is 18.4 Å². The monoisotopic (exact) mass is 521 g/mol. The van der Waals surface area contributed by atoms with Crippen molar-refractivity contribution in [3.63, 3.8) is 0 Å². The molecule has 38 heavy (non-hydrogen) atoms. The number of methoxy groups -OCH3 is 1. The Kier molecular flexibility index (Phi) is 7.19. The zero-order valence-electron chi connectivity index (χ0n) is 20.6. The number of hydrogen-bond donors (Lipinski definition) is 2. The molecule has 0 atom stereocenters. The number of amides is 2. The zero-order chi connectivity index (χ0) is 26.5. The van der Waals surface area contributed by atoms with E-state index in [0.29, 0.717) is 27.8 Å². The van der Waals surface area contributed by atoms with E-state index < -0.39 is 0 Å². The molecule has 9 heteroatoms. The molecule has 0 aliphatic rings. The van der Waals surface area contributed by atoms with E-state index >= 15 is 0 Å². The molecule has 2 aromatic carbocycles. The lowest BCUT2D eigenvalue weighted by Crippen LogP contribution is -2.13. The first kappa shape index (κ1) is 24.8. The Morgan fingerprint density at radius 3 is 2.45 bits per heavy atom. The summed E-state index contributed by atoms with van der Waals surface area (Å²) in [6.45, 7) is 2.01. The molecular formula is C29H23N5O3S. The third-order valence-electron chi connectivity index (χ3n) is 5.65. The first-order valence-electron chi connectivity index (χ1n) is 11.7. The summed E-state index contributed by atoms with van der Waals surface area (Å²) in [4.78, 5) is 39.7. The van der Waals surface area contributed by atoms with E-state index in [4.69, 9.17) is 9.72 Å². The number of carbonyl (C=O) groups excluding carboxylic acids is 2. The molecule has 5 aromatic rings. The van der Waals surface area contributed by atoms with Gasteiger partial charge in [0.25, 0.3) is 11.8 Å². The highest BCUT2D eigenvalue weighted by molar-refractivity contribution is 7.19. The van der Waals surface area contributed by atoms with E-state index in [2.05, 4.69) is 20.6 Å². The maximum atomic E-state index is 13.0. The molecular weight excluding hydrogens is 498 g/mol. The molecule has 5 rings (SSSR count). The molecule has 8 nitrogen and oxygen atoms in total. The average molecular weight is 522 g/mol. The molecule has 0 bridgehead atoms. The Labute approximate surface area is 223 Å². The normalized spacial score (nSPS) is 10.6. The molecule has 2 amide bonds. The first-order valence-corrected chi connectivity index (χ1v) is 12.5. The van der Waals surface area contributed by atoms with Crippen LogP contribution in [0.4, 0.5) is 10.9 Å². The van der Waals surface area contributed by atoms with Gasteiger partial charge in [-0.05, 0) is 55.0 Å². The van der Waals surface area contributed by atoms with Crippen molar-refractivity contribution >= 4 is 34.1 Å². The highest BCUT2D eigenvalue weighted by atomic mass is 32.1. The molecule has 0 radical (unpaired) electrons. The summed E-state index contributed by atoms with van der Waals surface area (Å²) >= 11 is 1.33. The third kappa shape index (κ3) is 5.42. The minimum Gasteiger partial charge on any atom is -0.480 e. The fourth-order valence-electron chi connectivity index (χ4n) is 3.87. The quantitative estimate of drug-likeness (QED) is 0.269. The smallest absolute Gasteiger partial charge is 0.262 e. The lowest BCUT2D eigenvalue weighted by molar-refractivity contribution is 0.101. The van der Waals surface area contributed by atoms with Crippen molar-refractivity contribution in [2.24, 2.45) is 0 Å². The predicted octanol–water partition coefficient (Wildman–Crippen LogP) is 6.09. The number of ether oxygens (including phenoxy) is 1. The molecule has 0 saturated heterocycles. The van der Waals surface area contributed by atoms with Gasteiger partial charge in [-0.15, -0.1) is 0 Å². The second kappa shape index (κ2) is 11.0. The number of aryl methyl sites for hydroxylation is 1. The third-order valence-corrected chi connectivity index (χ3v) is 6.67. The van der Waals surface area contributed by atoms with Gasteiger partial charge in [0.05, 0.1) is 17.7 Å². The summed E-state index contributed by atoms with van der Waals surface area (Å²) in [6.07, 6.45) is 3.19. The summed E-state index contributed by atoms with van der Waals surface area (Å²) in [7, 11) is 1.47. The zero-order valence-corrected chi connectivity index (χ0v) is 21.5. The van der Waals surface area contributed by atoms with Gasteiger partial charge < -0.3 is 10.1 Å². The van der Waals surface area contributed by atoms with Crippen LogP contribution in [0, 0.1) is 6.92 Å². The Bertz CT molecular complexity index is 1620. The van der Waals surface area contributed by atoms with Crippen LogP contribution in [0.3, 0.4) is 0 Å². The average Bonchev–Trinajstić information content (AvgIpc) is 3.37. The Hall–Kier alpha value is -4.89. The maximum absolute atomic E-state index is 13.0. The van der Waals surface area contributed by atoms with Crippen molar-refractivity contribution in [2.75, 3.05) is 17.7 Å². The van der Waals surface area contributed by atoms with Crippen molar-refractivity contribution < 1.29 is 14.3 Å². The molecule has 3 heterocycles. The van der Waals surface area contributed by atoms with Crippen LogP contribution in [0.25, 0.3) is 21.7 Å². The highest BCUT2D eigenvalue weighted by Crippen LogP contribution is 2.40. The van der Waals surface area contributed by atoms with Crippen LogP contribution < -0.4 is 15.4 Å². The summed E-state index contributed by atoms with van der Waals surface area (Å²) in [5, 5.41) is 6.15. The number of hydrogen-bond acceptors (Lipinski definition) is 7. The van der Waals surface area contributed by atoms with Crippen LogP contribution in [-0.2, 0) is 0 Å². The van der Waals surface area contributed by atoms with Gasteiger partial charge >= 0.3 is 0 Å². The predicted molar refractivity (Wildman–Crippen MR) is 149 cm³/mol. The van der Waals surface area contributed by atoms with E-state index in [1.54, 1.807) is 54.9 Å². The summed E-state index contributed by atoms with van der Waals surface area (Å²) in [5.41, 5.74) is 4.34. The van der Waals surface area contributed by atoms with E-state index in [1.807, 2.05) is 43.3 Å². The number of carbonyl (C=O) groups is 2. The molecule has 0 saturated carbocycles. The number of aromatic nitrogens is 3. The number of benzene rings is 2. The summed E-state index contributed by atoms with van der Waals surface area (Å²) in [6, 6.07) is 23.9. The van der Waals surface area contributed by atoms with Crippen molar-refractivity contribution in [2.45, 2.75) is 6.92 Å². The SMILES string of the molecule is COc1ncccc1C(=O)Nc1nc(-c2cccc(C)c2)c(-c2ccnc(NC(=O)c3ccccc3)c2)s1. The first-order chi connectivity index (χ1) is 18.5. The Balaban J connectivity index is 1.50. The second-order valence-corrected chi connectivity index (χ2v) is 9.33. The topological polar surface area (TPSA) is 106 Å². The molecule has 2 N–H and O–H groups in total. The highest BCUT2D eigenvalue weighted by Gasteiger charge is 2.20. The number of rotatable bonds is 7. The molecule has 0 unspecified atom stereocenters. The molecule has 3 aromatic heterocycles. The fourth-order valence-corrected chi connectivity index (χ4v) is 4.85. The number of pyridine rings is 2. The van der Waals surface area contributed by atoms with Crippen LogP contribution in [0.2, 0.25) is 0 Å². The van der Waals surface area contributed by atoms with Crippen molar-refractivity contribution in [1.29, 1.82) is 0 Å². The van der Waals surface area contributed by atoms with Crippen LogP contribution in [0.1, 0.15) is 26.3 Å². The van der Waals surface area contributed by atoms with Gasteiger partial charge in [-0.25, -0.2) is 15.0 Å². The molecule has 0 spiro atoms. The van der Waals surface area contributed by atoms with E-state index in [9.17, 15) is 9.59 Å². The fraction of sp³-hybridized carbons (Fsp3) is 0.0690. The number of nitrogens with zero attached hydrogens (tertiary/aromatic N) is 3. The minimum absolute atomic E-state index is 0.230. The minimum atomic E-state index is -0.378. The summed E-state index contributed by atoms with van der Waals surface area (Å²) < 4.78 is 5.23. The van der Waals surface area contributed by atoms with Crippen LogP contribution in [-0.4, -0.2) is 33.9 Å². The van der Waals surface area contributed by atoms with Gasteiger partial charge in [0.15, 0.2) is 5.13 Å². The molecule has 0 fully saturated rings. The van der Waals surface area contributed by atoms with Crippen LogP contribution in [0.15, 0.2) is 91.3 Å². The van der Waals surface area contributed by atoms with Crippen molar-refractivity contribution in [3.8, 4) is 27.6 Å². The standard InChI is InChI=1S/C29H23N5O3S/c1-18-8-6-11-20(16-18)24-25(38-29(33-24)34-27(36)22-12-7-14-31-28(22)37-2)21-13-15-30-23(17-21)32-26(35)19-9-4-3-5-10-19/h3-17H,1-2H3,(H,30,32,35)(H,33,34,36). The number of anilines is 2. The van der Waals surface area contributed by atoms with Gasteiger partial charge in [0.1, 0.15) is 11.4 Å². The van der Waals surface area contributed by atoms with Gasteiger partial charge in [-0.1, -0.05) is 53.3 Å². The Morgan fingerprint density at radius 2 is 1.66 bits per heavy atom. The number of nitrogens with one attached hydrogen (secondary N) is 2.